The second kappa shape index (κ2) is 2.86. The lowest BCUT2D eigenvalue weighted by molar-refractivity contribution is 0.568. The zero-order valence-corrected chi connectivity index (χ0v) is 6.95. The Morgan fingerprint density at radius 1 is 1.08 bits per heavy atom. The molecule has 1 heteroatoms. The molecule has 0 aliphatic heterocycles. The summed E-state index contributed by atoms with van der Waals surface area (Å²) in [6.45, 7) is 2.10. The van der Waals surface area contributed by atoms with Crippen molar-refractivity contribution < 1.29 is 4.42 Å². The summed E-state index contributed by atoms with van der Waals surface area (Å²) in [5.74, 6) is 0. The molecule has 0 spiro atoms. The standard InChI is InChI=1S/C11H10O/c1-9-4-2-3-5-11(9)10-6-7-12-8-10/h2-8H,1H3. The molecule has 0 saturated carbocycles. The monoisotopic (exact) mass is 158 g/mol. The van der Waals surface area contributed by atoms with Crippen molar-refractivity contribution in [3.8, 4) is 11.1 Å². The van der Waals surface area contributed by atoms with Gasteiger partial charge in [-0.15, -0.1) is 0 Å². The molecule has 1 aromatic heterocycles. The maximum Gasteiger partial charge on any atom is 0.0981 e. The molecule has 0 bridgehead atoms. The maximum atomic E-state index is 5.02. The van der Waals surface area contributed by atoms with Gasteiger partial charge in [0, 0.05) is 5.56 Å². The van der Waals surface area contributed by atoms with Gasteiger partial charge in [-0.25, -0.2) is 0 Å². The molecule has 12 heavy (non-hydrogen) atoms. The molecule has 0 amide bonds. The number of furan rings is 1. The molecule has 0 fully saturated rings. The summed E-state index contributed by atoms with van der Waals surface area (Å²) in [6, 6.07) is 10.2. The van der Waals surface area contributed by atoms with Crippen LogP contribution in [0.25, 0.3) is 11.1 Å². The minimum Gasteiger partial charge on any atom is -0.472 e. The first-order chi connectivity index (χ1) is 5.88. The lowest BCUT2D eigenvalue weighted by Gasteiger charge is -2.00. The number of rotatable bonds is 1. The van der Waals surface area contributed by atoms with Gasteiger partial charge in [0.25, 0.3) is 0 Å². The molecule has 0 radical (unpaired) electrons. The number of hydrogen-bond donors (Lipinski definition) is 0. The Morgan fingerprint density at radius 2 is 1.92 bits per heavy atom. The molecular formula is C11H10O. The van der Waals surface area contributed by atoms with Crippen LogP contribution in [0.15, 0.2) is 47.3 Å². The van der Waals surface area contributed by atoms with E-state index in [0.717, 1.165) is 5.56 Å². The summed E-state index contributed by atoms with van der Waals surface area (Å²) in [6.07, 6.45) is 3.46. The molecule has 0 N–H and O–H groups in total. The Hall–Kier alpha value is -1.50. The van der Waals surface area contributed by atoms with Gasteiger partial charge in [0.2, 0.25) is 0 Å². The molecule has 1 aromatic carbocycles. The van der Waals surface area contributed by atoms with Crippen molar-refractivity contribution in [3.63, 3.8) is 0 Å². The van der Waals surface area contributed by atoms with Crippen molar-refractivity contribution in [2.75, 3.05) is 0 Å². The predicted molar refractivity (Wildman–Crippen MR) is 48.9 cm³/mol. The fraction of sp³-hybridized carbons (Fsp3) is 0.0909. The third kappa shape index (κ3) is 1.14. The van der Waals surface area contributed by atoms with E-state index in [4.69, 9.17) is 4.42 Å². The Balaban J connectivity index is 2.55. The lowest BCUT2D eigenvalue weighted by Crippen LogP contribution is -1.78. The van der Waals surface area contributed by atoms with E-state index >= 15 is 0 Å². The van der Waals surface area contributed by atoms with Gasteiger partial charge in [-0.2, -0.15) is 0 Å². The number of hydrogen-bond acceptors (Lipinski definition) is 1. The van der Waals surface area contributed by atoms with Crippen LogP contribution in [0.5, 0.6) is 0 Å². The van der Waals surface area contributed by atoms with Crippen LogP contribution < -0.4 is 0 Å². The third-order valence-corrected chi connectivity index (χ3v) is 1.98. The normalized spacial score (nSPS) is 10.1. The largest absolute Gasteiger partial charge is 0.472 e. The second-order valence-electron chi connectivity index (χ2n) is 2.83. The zero-order valence-electron chi connectivity index (χ0n) is 6.95. The molecule has 0 atom stereocenters. The fourth-order valence-electron chi connectivity index (χ4n) is 1.31. The Kier molecular flexibility index (Phi) is 1.71. The van der Waals surface area contributed by atoms with Gasteiger partial charge in [0.15, 0.2) is 0 Å². The van der Waals surface area contributed by atoms with Crippen molar-refractivity contribution in [1.29, 1.82) is 0 Å². The van der Waals surface area contributed by atoms with Crippen LogP contribution in [0, 0.1) is 6.92 Å². The zero-order chi connectivity index (χ0) is 8.39. The van der Waals surface area contributed by atoms with E-state index < -0.39 is 0 Å². The highest BCUT2D eigenvalue weighted by Gasteiger charge is 2.00. The first-order valence-electron chi connectivity index (χ1n) is 3.96. The van der Waals surface area contributed by atoms with Gasteiger partial charge >= 0.3 is 0 Å². The smallest absolute Gasteiger partial charge is 0.0981 e. The van der Waals surface area contributed by atoms with Crippen molar-refractivity contribution in [3.05, 3.63) is 48.4 Å². The van der Waals surface area contributed by atoms with Crippen molar-refractivity contribution in [2.24, 2.45) is 0 Å². The second-order valence-corrected chi connectivity index (χ2v) is 2.83. The van der Waals surface area contributed by atoms with Crippen molar-refractivity contribution >= 4 is 0 Å². The van der Waals surface area contributed by atoms with Crippen molar-refractivity contribution in [2.45, 2.75) is 6.92 Å². The summed E-state index contributed by atoms with van der Waals surface area (Å²) in [5, 5.41) is 0. The third-order valence-electron chi connectivity index (χ3n) is 1.98. The van der Waals surface area contributed by atoms with Crippen LogP contribution >= 0.6 is 0 Å². The van der Waals surface area contributed by atoms with E-state index in [9.17, 15) is 0 Å². The van der Waals surface area contributed by atoms with Gasteiger partial charge in [-0.05, 0) is 24.1 Å². The van der Waals surface area contributed by atoms with Gasteiger partial charge in [0.05, 0.1) is 12.5 Å². The molecule has 2 rings (SSSR count). The highest BCUT2D eigenvalue weighted by molar-refractivity contribution is 5.65. The molecule has 2 aromatic rings. The minimum absolute atomic E-state index is 1.15. The van der Waals surface area contributed by atoms with Crippen LogP contribution in [0.2, 0.25) is 0 Å². The summed E-state index contributed by atoms with van der Waals surface area (Å²) < 4.78 is 5.02. The van der Waals surface area contributed by atoms with Gasteiger partial charge in [0.1, 0.15) is 0 Å². The topological polar surface area (TPSA) is 13.1 Å². The Labute approximate surface area is 71.6 Å². The quantitative estimate of drug-likeness (QED) is 0.620. The van der Waals surface area contributed by atoms with E-state index in [1.807, 2.05) is 18.2 Å². The molecule has 0 unspecified atom stereocenters. The molecule has 0 aliphatic carbocycles. The first-order valence-corrected chi connectivity index (χ1v) is 3.96. The Morgan fingerprint density at radius 3 is 2.58 bits per heavy atom. The molecule has 60 valence electrons. The van der Waals surface area contributed by atoms with E-state index in [2.05, 4.69) is 19.1 Å². The molecular weight excluding hydrogens is 148 g/mol. The van der Waals surface area contributed by atoms with Gasteiger partial charge < -0.3 is 4.42 Å². The highest BCUT2D eigenvalue weighted by atomic mass is 16.3. The summed E-state index contributed by atoms with van der Waals surface area (Å²) >= 11 is 0. The van der Waals surface area contributed by atoms with E-state index in [1.165, 1.54) is 11.1 Å². The average molecular weight is 158 g/mol. The minimum atomic E-state index is 1.15. The van der Waals surface area contributed by atoms with Crippen LogP contribution in [-0.4, -0.2) is 0 Å². The molecule has 1 heterocycles. The summed E-state index contributed by atoms with van der Waals surface area (Å²) in [5.41, 5.74) is 3.67. The average Bonchev–Trinajstić information content (AvgIpc) is 2.57. The van der Waals surface area contributed by atoms with Crippen LogP contribution in [-0.2, 0) is 0 Å². The number of benzene rings is 1. The van der Waals surface area contributed by atoms with E-state index in [1.54, 1.807) is 12.5 Å². The van der Waals surface area contributed by atoms with E-state index in [-0.39, 0.29) is 0 Å². The van der Waals surface area contributed by atoms with Crippen molar-refractivity contribution in [1.82, 2.24) is 0 Å². The summed E-state index contributed by atoms with van der Waals surface area (Å²) in [4.78, 5) is 0. The van der Waals surface area contributed by atoms with Crippen LogP contribution in [0.4, 0.5) is 0 Å². The van der Waals surface area contributed by atoms with Gasteiger partial charge in [-0.1, -0.05) is 24.3 Å². The molecule has 1 nitrogen and oxygen atoms in total. The van der Waals surface area contributed by atoms with Crippen LogP contribution in [0.1, 0.15) is 5.56 Å². The lowest BCUT2D eigenvalue weighted by atomic mass is 10.0. The summed E-state index contributed by atoms with van der Waals surface area (Å²) in [7, 11) is 0. The SMILES string of the molecule is Cc1ccccc1-c1ccoc1. The van der Waals surface area contributed by atoms with Crippen LogP contribution in [0.3, 0.4) is 0 Å². The Bertz CT molecular complexity index is 360. The van der Waals surface area contributed by atoms with E-state index in [0.29, 0.717) is 0 Å². The first kappa shape index (κ1) is 7.17. The molecule has 0 aliphatic rings. The number of aryl methyl sites for hydroxylation is 1. The molecule has 0 saturated heterocycles. The maximum absolute atomic E-state index is 5.02. The predicted octanol–water partition coefficient (Wildman–Crippen LogP) is 3.26. The highest BCUT2D eigenvalue weighted by Crippen LogP contribution is 2.22. The fourth-order valence-corrected chi connectivity index (χ4v) is 1.31. The van der Waals surface area contributed by atoms with Gasteiger partial charge in [-0.3, -0.25) is 0 Å².